The van der Waals surface area contributed by atoms with E-state index in [4.69, 9.17) is 10.1 Å². The minimum Gasteiger partial charge on any atom is -0.465 e. The van der Waals surface area contributed by atoms with E-state index in [9.17, 15) is 9.59 Å². The van der Waals surface area contributed by atoms with Gasteiger partial charge in [0.15, 0.2) is 5.96 Å². The average molecular weight is 215 g/mol. The molecule has 0 atom stereocenters. The van der Waals surface area contributed by atoms with E-state index in [2.05, 4.69) is 5.32 Å². The summed E-state index contributed by atoms with van der Waals surface area (Å²) in [5, 5.41) is 9.78. The molecule has 0 saturated carbocycles. The molecular weight excluding hydrogens is 198 g/mol. The van der Waals surface area contributed by atoms with Gasteiger partial charge in [-0.15, -0.1) is 0 Å². The molecule has 0 fully saturated rings. The van der Waals surface area contributed by atoms with Crippen LogP contribution in [0.15, 0.2) is 0 Å². The molecule has 6 nitrogen and oxygen atoms in total. The van der Waals surface area contributed by atoms with Crippen molar-refractivity contribution < 1.29 is 14.3 Å². The van der Waals surface area contributed by atoms with Gasteiger partial charge in [-0.3, -0.25) is 20.3 Å². The van der Waals surface area contributed by atoms with Gasteiger partial charge in [0.25, 0.3) is 0 Å². The molecule has 0 aromatic carbocycles. The normalized spacial score (nSPS) is 9.27. The lowest BCUT2D eigenvalue weighted by molar-refractivity contribution is -0.143. The SMILES string of the molecule is CCOC(=O)CN(C)C(=N)NC(=O)CC. The van der Waals surface area contributed by atoms with E-state index in [0.717, 1.165) is 0 Å². The summed E-state index contributed by atoms with van der Waals surface area (Å²) in [5.41, 5.74) is 0. The summed E-state index contributed by atoms with van der Waals surface area (Å²) in [7, 11) is 1.54. The molecule has 0 aliphatic heterocycles. The van der Waals surface area contributed by atoms with Gasteiger partial charge in [-0.2, -0.15) is 0 Å². The van der Waals surface area contributed by atoms with Gasteiger partial charge in [0.1, 0.15) is 6.54 Å². The summed E-state index contributed by atoms with van der Waals surface area (Å²) < 4.78 is 4.70. The summed E-state index contributed by atoms with van der Waals surface area (Å²) in [4.78, 5) is 23.3. The second-order valence-corrected chi connectivity index (χ2v) is 2.91. The molecule has 0 unspecified atom stereocenters. The van der Waals surface area contributed by atoms with Crippen LogP contribution in [0.1, 0.15) is 20.3 Å². The molecule has 0 aliphatic rings. The second kappa shape index (κ2) is 6.80. The van der Waals surface area contributed by atoms with Gasteiger partial charge < -0.3 is 9.64 Å². The number of rotatable bonds is 4. The van der Waals surface area contributed by atoms with E-state index in [1.54, 1.807) is 13.8 Å². The molecule has 0 radical (unpaired) electrons. The Morgan fingerprint density at radius 2 is 2.00 bits per heavy atom. The lowest BCUT2D eigenvalue weighted by atomic mass is 10.4. The Morgan fingerprint density at radius 1 is 1.40 bits per heavy atom. The van der Waals surface area contributed by atoms with Gasteiger partial charge in [-0.25, -0.2) is 0 Å². The van der Waals surface area contributed by atoms with Crippen molar-refractivity contribution in [1.29, 1.82) is 5.41 Å². The van der Waals surface area contributed by atoms with Gasteiger partial charge >= 0.3 is 5.97 Å². The maximum atomic E-state index is 11.0. The molecule has 2 N–H and O–H groups in total. The lowest BCUT2D eigenvalue weighted by Gasteiger charge is -2.18. The zero-order valence-corrected chi connectivity index (χ0v) is 9.29. The minimum absolute atomic E-state index is 0.0450. The zero-order chi connectivity index (χ0) is 11.8. The topological polar surface area (TPSA) is 82.5 Å². The third-order valence-corrected chi connectivity index (χ3v) is 1.63. The zero-order valence-electron chi connectivity index (χ0n) is 9.29. The standard InChI is InChI=1S/C9H17N3O3/c1-4-7(13)11-9(10)12(3)6-8(14)15-5-2/h4-6H2,1-3H3,(H2,10,11,13). The van der Waals surface area contributed by atoms with Crippen molar-refractivity contribution >= 4 is 17.8 Å². The highest BCUT2D eigenvalue weighted by atomic mass is 16.5. The van der Waals surface area contributed by atoms with Crippen LogP contribution in [0.3, 0.4) is 0 Å². The van der Waals surface area contributed by atoms with Crippen molar-refractivity contribution in [2.45, 2.75) is 20.3 Å². The Balaban J connectivity index is 3.98. The van der Waals surface area contributed by atoms with Crippen LogP contribution in [0.2, 0.25) is 0 Å². The predicted molar refractivity (Wildman–Crippen MR) is 55.4 cm³/mol. The third kappa shape index (κ3) is 5.66. The average Bonchev–Trinajstić information content (AvgIpc) is 2.17. The first kappa shape index (κ1) is 13.4. The van der Waals surface area contributed by atoms with Crippen molar-refractivity contribution in [3.63, 3.8) is 0 Å². The number of guanidine groups is 1. The van der Waals surface area contributed by atoms with E-state index in [-0.39, 0.29) is 18.4 Å². The molecule has 1 amide bonds. The number of hydrogen-bond donors (Lipinski definition) is 2. The van der Waals surface area contributed by atoms with E-state index >= 15 is 0 Å². The predicted octanol–water partition coefficient (Wildman–Crippen LogP) is -0.0577. The maximum absolute atomic E-state index is 11.0. The van der Waals surface area contributed by atoms with Crippen LogP contribution in [-0.4, -0.2) is 42.9 Å². The van der Waals surface area contributed by atoms with Crippen molar-refractivity contribution in [1.82, 2.24) is 10.2 Å². The minimum atomic E-state index is -0.421. The highest BCUT2D eigenvalue weighted by molar-refractivity contribution is 5.96. The fraction of sp³-hybridized carbons (Fsp3) is 0.667. The number of esters is 1. The van der Waals surface area contributed by atoms with Gasteiger partial charge in [0, 0.05) is 13.5 Å². The van der Waals surface area contributed by atoms with Crippen LogP contribution in [0.5, 0.6) is 0 Å². The highest BCUT2D eigenvalue weighted by Gasteiger charge is 2.11. The molecule has 0 rings (SSSR count). The van der Waals surface area contributed by atoms with Gasteiger partial charge in [0.2, 0.25) is 5.91 Å². The smallest absolute Gasteiger partial charge is 0.325 e. The van der Waals surface area contributed by atoms with Crippen LogP contribution in [0.25, 0.3) is 0 Å². The molecule has 6 heteroatoms. The Kier molecular flexibility index (Phi) is 6.08. The summed E-state index contributed by atoms with van der Waals surface area (Å²) in [5.74, 6) is -0.777. The molecule has 0 aromatic heterocycles. The number of carbonyl (C=O) groups is 2. The fourth-order valence-electron chi connectivity index (χ4n) is 0.795. The Hall–Kier alpha value is -1.59. The first-order valence-corrected chi connectivity index (χ1v) is 4.76. The maximum Gasteiger partial charge on any atom is 0.325 e. The van der Waals surface area contributed by atoms with Crippen molar-refractivity contribution in [2.24, 2.45) is 0 Å². The number of likely N-dealkylation sites (N-methyl/N-ethyl adjacent to an activating group) is 1. The van der Waals surface area contributed by atoms with Crippen LogP contribution in [-0.2, 0) is 14.3 Å². The molecule has 0 spiro atoms. The number of carbonyl (C=O) groups excluding carboxylic acids is 2. The molecule has 0 heterocycles. The third-order valence-electron chi connectivity index (χ3n) is 1.63. The summed E-state index contributed by atoms with van der Waals surface area (Å²) in [6.07, 6.45) is 0.301. The molecule has 0 aromatic rings. The monoisotopic (exact) mass is 215 g/mol. The molecule has 15 heavy (non-hydrogen) atoms. The van der Waals surface area contributed by atoms with Crippen molar-refractivity contribution in [3.8, 4) is 0 Å². The largest absolute Gasteiger partial charge is 0.465 e. The summed E-state index contributed by atoms with van der Waals surface area (Å²) >= 11 is 0. The number of nitrogens with zero attached hydrogens (tertiary/aromatic N) is 1. The van der Waals surface area contributed by atoms with Crippen LogP contribution < -0.4 is 5.32 Å². The fourth-order valence-corrected chi connectivity index (χ4v) is 0.795. The second-order valence-electron chi connectivity index (χ2n) is 2.91. The summed E-state index contributed by atoms with van der Waals surface area (Å²) in [6, 6.07) is 0. The Morgan fingerprint density at radius 3 is 2.47 bits per heavy atom. The first-order chi connectivity index (χ1) is 7.01. The van der Waals surface area contributed by atoms with E-state index in [1.165, 1.54) is 11.9 Å². The Bertz CT molecular complexity index is 253. The molecule has 86 valence electrons. The number of amides is 1. The Labute approximate surface area is 89.1 Å². The van der Waals surface area contributed by atoms with Crippen molar-refractivity contribution in [2.75, 3.05) is 20.2 Å². The van der Waals surface area contributed by atoms with Crippen molar-refractivity contribution in [3.05, 3.63) is 0 Å². The molecule has 0 bridgehead atoms. The molecule has 0 aliphatic carbocycles. The number of nitrogens with one attached hydrogen (secondary N) is 2. The van der Waals surface area contributed by atoms with Crippen LogP contribution >= 0.6 is 0 Å². The van der Waals surface area contributed by atoms with Gasteiger partial charge in [-0.05, 0) is 6.92 Å². The lowest BCUT2D eigenvalue weighted by Crippen LogP contribution is -2.43. The number of hydrogen-bond acceptors (Lipinski definition) is 4. The highest BCUT2D eigenvalue weighted by Crippen LogP contribution is 1.87. The van der Waals surface area contributed by atoms with Gasteiger partial charge in [-0.1, -0.05) is 6.92 Å². The van der Waals surface area contributed by atoms with Crippen LogP contribution in [0, 0.1) is 5.41 Å². The van der Waals surface area contributed by atoms with Crippen LogP contribution in [0.4, 0.5) is 0 Å². The van der Waals surface area contributed by atoms with Gasteiger partial charge in [0.05, 0.1) is 6.61 Å². The number of ether oxygens (including phenoxy) is 1. The quantitative estimate of drug-likeness (QED) is 0.391. The van der Waals surface area contributed by atoms with E-state index in [0.29, 0.717) is 13.0 Å². The van der Waals surface area contributed by atoms with E-state index < -0.39 is 5.97 Å². The van der Waals surface area contributed by atoms with E-state index in [1.807, 2.05) is 0 Å². The first-order valence-electron chi connectivity index (χ1n) is 4.76. The molecule has 0 saturated heterocycles. The summed E-state index contributed by atoms with van der Waals surface area (Å²) in [6.45, 7) is 3.66. The molecular formula is C9H17N3O3.